The molecule has 0 atom stereocenters. The van der Waals surface area contributed by atoms with Gasteiger partial charge in [-0.25, -0.2) is 23.7 Å². The topological polar surface area (TPSA) is 123 Å². The predicted molar refractivity (Wildman–Crippen MR) is 139 cm³/mol. The van der Waals surface area contributed by atoms with Gasteiger partial charge in [0.15, 0.2) is 5.13 Å². The quantitative estimate of drug-likeness (QED) is 0.320. The lowest BCUT2D eigenvalue weighted by atomic mass is 10.0. The highest BCUT2D eigenvalue weighted by molar-refractivity contribution is 7.16. The molecule has 200 valence electrons. The summed E-state index contributed by atoms with van der Waals surface area (Å²) in [4.78, 5) is 48.9. The minimum Gasteiger partial charge on any atom is -0.494 e. The van der Waals surface area contributed by atoms with E-state index in [-0.39, 0.29) is 35.2 Å². The van der Waals surface area contributed by atoms with Crippen molar-refractivity contribution in [3.8, 4) is 16.9 Å². The summed E-state index contributed by atoms with van der Waals surface area (Å²) in [6.07, 6.45) is 1.24. The van der Waals surface area contributed by atoms with Gasteiger partial charge in [-0.2, -0.15) is 0 Å². The third-order valence-electron chi connectivity index (χ3n) is 6.00. The first-order valence-corrected chi connectivity index (χ1v) is 12.7. The fourth-order valence-corrected chi connectivity index (χ4v) is 5.27. The van der Waals surface area contributed by atoms with Crippen LogP contribution in [-0.2, 0) is 13.1 Å². The smallest absolute Gasteiger partial charge is 0.282 e. The monoisotopic (exact) mass is 571 g/mol. The fourth-order valence-electron chi connectivity index (χ4n) is 4.13. The lowest BCUT2D eigenvalue weighted by molar-refractivity contribution is 0.0742. The second-order valence-corrected chi connectivity index (χ2v) is 10.1. The second kappa shape index (κ2) is 10.6. The number of anilines is 1. The highest BCUT2D eigenvalue weighted by atomic mass is 35.5. The predicted octanol–water partition coefficient (Wildman–Crippen LogP) is 5.01. The Kier molecular flexibility index (Phi) is 7.19. The number of methoxy groups -OCH3 is 1. The van der Waals surface area contributed by atoms with Crippen LogP contribution in [0.1, 0.15) is 54.9 Å². The molecule has 0 fully saturated rings. The number of halogens is 3. The largest absolute Gasteiger partial charge is 0.494 e. The van der Waals surface area contributed by atoms with Crippen LogP contribution in [0.25, 0.3) is 11.1 Å². The van der Waals surface area contributed by atoms with E-state index in [0.29, 0.717) is 33.4 Å². The molecule has 0 aromatic carbocycles. The van der Waals surface area contributed by atoms with Crippen LogP contribution in [0.3, 0.4) is 0 Å². The van der Waals surface area contributed by atoms with Crippen LogP contribution in [-0.4, -0.2) is 48.7 Å². The molecule has 0 bridgehead atoms. The van der Waals surface area contributed by atoms with E-state index in [0.717, 1.165) is 11.1 Å². The van der Waals surface area contributed by atoms with Gasteiger partial charge in [-0.3, -0.25) is 24.9 Å². The Morgan fingerprint density at radius 2 is 1.87 bits per heavy atom. The summed E-state index contributed by atoms with van der Waals surface area (Å²) in [7, 11) is 1.50. The number of amides is 2. The number of thiazole rings is 1. The lowest BCUT2D eigenvalue weighted by Crippen LogP contribution is -2.27. The van der Waals surface area contributed by atoms with E-state index in [1.54, 1.807) is 19.1 Å². The number of aromatic nitrogens is 5. The Morgan fingerprint density at radius 1 is 1.08 bits per heavy atom. The number of carbonyl (C=O) groups excluding carboxylic acids is 2. The molecular weight excluding hydrogens is 552 g/mol. The van der Waals surface area contributed by atoms with Gasteiger partial charge >= 0.3 is 0 Å². The zero-order chi connectivity index (χ0) is 27.8. The van der Waals surface area contributed by atoms with E-state index >= 15 is 0 Å². The lowest BCUT2D eigenvalue weighted by Gasteiger charge is -2.15. The molecule has 0 radical (unpaired) electrons. The maximum absolute atomic E-state index is 13.3. The Hall–Kier alpha value is -4.10. The average molecular weight is 572 g/mol. The van der Waals surface area contributed by atoms with Crippen LogP contribution >= 0.6 is 22.9 Å². The molecule has 1 aliphatic rings. The Balaban J connectivity index is 1.33. The van der Waals surface area contributed by atoms with Crippen molar-refractivity contribution in [3.63, 3.8) is 0 Å². The summed E-state index contributed by atoms with van der Waals surface area (Å²) in [6, 6.07) is 3.37. The maximum atomic E-state index is 13.3. The van der Waals surface area contributed by atoms with Crippen molar-refractivity contribution in [1.29, 1.82) is 0 Å². The maximum Gasteiger partial charge on any atom is 0.282 e. The van der Waals surface area contributed by atoms with Crippen molar-refractivity contribution in [3.05, 3.63) is 74.8 Å². The first-order chi connectivity index (χ1) is 18.6. The van der Waals surface area contributed by atoms with Gasteiger partial charge in [0.2, 0.25) is 0 Å². The summed E-state index contributed by atoms with van der Waals surface area (Å²) in [5, 5.41) is 3.42. The first kappa shape index (κ1) is 26.5. The van der Waals surface area contributed by atoms with Crippen molar-refractivity contribution < 1.29 is 23.1 Å². The van der Waals surface area contributed by atoms with E-state index in [1.165, 1.54) is 42.7 Å². The van der Waals surface area contributed by atoms with Gasteiger partial charge in [0.1, 0.15) is 22.3 Å². The average Bonchev–Trinajstić information content (AvgIpc) is 3.46. The number of aryl methyl sites for hydroxylation is 2. The Labute approximate surface area is 230 Å². The Bertz CT molecular complexity index is 1590. The van der Waals surface area contributed by atoms with Crippen LogP contribution in [0, 0.1) is 13.8 Å². The molecule has 0 saturated carbocycles. The number of fused-ring (bicyclic) bond motifs is 1. The number of alkyl halides is 2. The Morgan fingerprint density at radius 3 is 2.56 bits per heavy atom. The number of nitrogens with zero attached hydrogens (tertiary/aromatic N) is 6. The molecule has 2 amide bonds. The molecule has 5 rings (SSSR count). The summed E-state index contributed by atoms with van der Waals surface area (Å²) in [6.45, 7) is 3.61. The van der Waals surface area contributed by atoms with E-state index in [9.17, 15) is 18.4 Å². The minimum atomic E-state index is -2.77. The zero-order valence-corrected chi connectivity index (χ0v) is 22.4. The van der Waals surface area contributed by atoms with Gasteiger partial charge in [-0.1, -0.05) is 22.9 Å². The van der Waals surface area contributed by atoms with Crippen molar-refractivity contribution in [1.82, 2.24) is 29.8 Å². The van der Waals surface area contributed by atoms with E-state index < -0.39 is 23.9 Å². The molecule has 0 aliphatic carbocycles. The second-order valence-electron chi connectivity index (χ2n) is 8.61. The molecule has 1 N–H and O–H groups in total. The number of hydrogen-bond acceptors (Lipinski definition) is 9. The number of hydrogen-bond donors (Lipinski definition) is 1. The van der Waals surface area contributed by atoms with Crippen LogP contribution in [0.5, 0.6) is 5.75 Å². The molecule has 1 aliphatic heterocycles. The highest BCUT2D eigenvalue weighted by Crippen LogP contribution is 2.35. The molecule has 4 aromatic rings. The van der Waals surface area contributed by atoms with Gasteiger partial charge in [0.05, 0.1) is 54.4 Å². The van der Waals surface area contributed by atoms with Crippen LogP contribution in [0.4, 0.5) is 13.9 Å². The third kappa shape index (κ3) is 5.27. The molecule has 4 aromatic heterocycles. The normalized spacial score (nSPS) is 12.5. The highest BCUT2D eigenvalue weighted by Gasteiger charge is 2.30. The standard InChI is InChI=1S/C25H20ClF2N7O3S/c1-11-4-13(14-5-20(26)30-8-18(14)38-3)15(6-29-11)23(36)34-25-33-17-9-35(10-19(17)39-25)24(37)16-7-31-21(22(27)28)12(2)32-16/h4-8,22H,9-10H2,1-3H3,(H,33,34,36). The number of rotatable bonds is 6. The van der Waals surface area contributed by atoms with Crippen molar-refractivity contribution in [2.75, 3.05) is 12.4 Å². The van der Waals surface area contributed by atoms with Crippen LogP contribution in [0.15, 0.2) is 30.7 Å². The van der Waals surface area contributed by atoms with Gasteiger partial charge < -0.3 is 9.64 Å². The summed E-state index contributed by atoms with van der Waals surface area (Å²) in [5.74, 6) is -0.430. The molecule has 39 heavy (non-hydrogen) atoms. The number of carbonyl (C=O) groups is 2. The molecule has 0 unspecified atom stereocenters. The molecule has 10 nitrogen and oxygen atoms in total. The fraction of sp³-hybridized carbons (Fsp3) is 0.240. The van der Waals surface area contributed by atoms with Crippen LogP contribution in [0.2, 0.25) is 5.15 Å². The minimum absolute atomic E-state index is 0.00423. The number of pyridine rings is 2. The summed E-state index contributed by atoms with van der Waals surface area (Å²) >= 11 is 7.35. The number of nitrogens with one attached hydrogen (secondary N) is 1. The van der Waals surface area contributed by atoms with Gasteiger partial charge in [0.25, 0.3) is 18.2 Å². The summed E-state index contributed by atoms with van der Waals surface area (Å²) < 4.78 is 31.3. The van der Waals surface area contributed by atoms with Crippen LogP contribution < -0.4 is 10.1 Å². The zero-order valence-electron chi connectivity index (χ0n) is 20.8. The molecule has 0 spiro atoms. The third-order valence-corrected chi connectivity index (χ3v) is 7.21. The van der Waals surface area contributed by atoms with Crippen molar-refractivity contribution in [2.45, 2.75) is 33.4 Å². The van der Waals surface area contributed by atoms with E-state index in [2.05, 4.69) is 30.2 Å². The van der Waals surface area contributed by atoms with Crippen molar-refractivity contribution in [2.24, 2.45) is 0 Å². The van der Waals surface area contributed by atoms with Crippen molar-refractivity contribution >= 4 is 39.9 Å². The first-order valence-electron chi connectivity index (χ1n) is 11.5. The molecule has 14 heteroatoms. The molecule has 0 saturated heterocycles. The van der Waals surface area contributed by atoms with E-state index in [4.69, 9.17) is 16.3 Å². The molecule has 5 heterocycles. The number of ether oxygens (including phenoxy) is 1. The van der Waals surface area contributed by atoms with Gasteiger partial charge in [-0.15, -0.1) is 0 Å². The van der Waals surface area contributed by atoms with E-state index in [1.807, 2.05) is 0 Å². The summed E-state index contributed by atoms with van der Waals surface area (Å²) in [5.41, 5.74) is 2.29. The van der Waals surface area contributed by atoms with Gasteiger partial charge in [0, 0.05) is 23.0 Å². The molecular formula is C25H20ClF2N7O3S. The SMILES string of the molecule is COc1cnc(Cl)cc1-c1cc(C)ncc1C(=O)Nc1nc2c(s1)CN(C(=O)c1cnc(C(F)F)c(C)n1)C2. The van der Waals surface area contributed by atoms with Gasteiger partial charge in [-0.05, 0) is 26.0 Å².